The predicted octanol–water partition coefficient (Wildman–Crippen LogP) is 5.07. The van der Waals surface area contributed by atoms with E-state index in [2.05, 4.69) is 0 Å². The van der Waals surface area contributed by atoms with Crippen molar-refractivity contribution in [3.8, 4) is 0 Å². The predicted molar refractivity (Wildman–Crippen MR) is 96.3 cm³/mol. The highest BCUT2D eigenvalue weighted by Crippen LogP contribution is 2.27. The number of nitrogens with zero attached hydrogens (tertiary/aromatic N) is 1. The molecule has 0 saturated heterocycles. The van der Waals surface area contributed by atoms with Gasteiger partial charge in [-0.1, -0.05) is 67.8 Å². The molecule has 1 amide bonds. The van der Waals surface area contributed by atoms with Crippen LogP contribution in [0.1, 0.15) is 37.7 Å². The van der Waals surface area contributed by atoms with Crippen molar-refractivity contribution in [2.75, 3.05) is 4.90 Å². The van der Waals surface area contributed by atoms with Crippen LogP contribution in [0.25, 0.3) is 6.08 Å². The first-order chi connectivity index (χ1) is 11.3. The minimum absolute atomic E-state index is 0.0759. The van der Waals surface area contributed by atoms with E-state index in [1.807, 2.05) is 71.6 Å². The fourth-order valence-electron chi connectivity index (χ4n) is 3.26. The maximum Gasteiger partial charge on any atom is 0.251 e. The van der Waals surface area contributed by atoms with Crippen molar-refractivity contribution >= 4 is 17.7 Å². The van der Waals surface area contributed by atoms with Crippen molar-refractivity contribution in [2.24, 2.45) is 0 Å². The Morgan fingerprint density at radius 1 is 0.870 bits per heavy atom. The van der Waals surface area contributed by atoms with Crippen LogP contribution in [0.2, 0.25) is 0 Å². The van der Waals surface area contributed by atoms with Gasteiger partial charge in [-0.15, -0.1) is 0 Å². The molecule has 1 aliphatic rings. The van der Waals surface area contributed by atoms with Gasteiger partial charge in [0.05, 0.1) is 0 Å². The molecule has 3 rings (SSSR count). The van der Waals surface area contributed by atoms with Gasteiger partial charge in [-0.25, -0.2) is 0 Å². The topological polar surface area (TPSA) is 20.3 Å². The van der Waals surface area contributed by atoms with E-state index in [0.717, 1.165) is 24.1 Å². The van der Waals surface area contributed by atoms with Crippen LogP contribution >= 0.6 is 0 Å². The highest BCUT2D eigenvalue weighted by Gasteiger charge is 2.25. The SMILES string of the molecule is O=C(C=Cc1ccccc1)N(c1ccccc1)C1CCCCC1. The fourth-order valence-corrected chi connectivity index (χ4v) is 3.26. The zero-order valence-corrected chi connectivity index (χ0v) is 13.4. The molecule has 0 N–H and O–H groups in total. The third-order valence-corrected chi connectivity index (χ3v) is 4.43. The third-order valence-electron chi connectivity index (χ3n) is 4.43. The zero-order chi connectivity index (χ0) is 15.9. The molecule has 118 valence electrons. The van der Waals surface area contributed by atoms with Crippen LogP contribution in [0.15, 0.2) is 66.7 Å². The Morgan fingerprint density at radius 3 is 2.13 bits per heavy atom. The van der Waals surface area contributed by atoms with Gasteiger partial charge in [0, 0.05) is 17.8 Å². The first-order valence-electron chi connectivity index (χ1n) is 8.46. The van der Waals surface area contributed by atoms with E-state index in [4.69, 9.17) is 0 Å². The quantitative estimate of drug-likeness (QED) is 0.722. The van der Waals surface area contributed by atoms with Crippen LogP contribution in [-0.4, -0.2) is 11.9 Å². The van der Waals surface area contributed by atoms with E-state index in [9.17, 15) is 4.79 Å². The lowest BCUT2D eigenvalue weighted by atomic mass is 9.93. The van der Waals surface area contributed by atoms with Crippen molar-refractivity contribution < 1.29 is 4.79 Å². The first-order valence-corrected chi connectivity index (χ1v) is 8.46. The number of anilines is 1. The standard InChI is InChI=1S/C21H23NO/c23-21(17-16-18-10-4-1-5-11-18)22(19-12-6-2-7-13-19)20-14-8-3-9-15-20/h1-2,4-7,10-13,16-17,20H,3,8-9,14-15H2. The van der Waals surface area contributed by atoms with Crippen LogP contribution in [0, 0.1) is 0 Å². The second kappa shape index (κ2) is 7.77. The summed E-state index contributed by atoms with van der Waals surface area (Å²) in [4.78, 5) is 14.8. The summed E-state index contributed by atoms with van der Waals surface area (Å²) in [6, 6.07) is 20.4. The maximum absolute atomic E-state index is 12.9. The number of hydrogen-bond acceptors (Lipinski definition) is 1. The number of carbonyl (C=O) groups is 1. The van der Waals surface area contributed by atoms with Gasteiger partial charge < -0.3 is 4.90 Å². The Labute approximate surface area is 138 Å². The largest absolute Gasteiger partial charge is 0.306 e. The summed E-state index contributed by atoms with van der Waals surface area (Å²) >= 11 is 0. The lowest BCUT2D eigenvalue weighted by molar-refractivity contribution is -0.114. The van der Waals surface area contributed by atoms with Crippen LogP contribution < -0.4 is 4.90 Å². The molecule has 0 aliphatic heterocycles. The second-order valence-corrected chi connectivity index (χ2v) is 6.08. The third kappa shape index (κ3) is 4.10. The minimum atomic E-state index is 0.0759. The first kappa shape index (κ1) is 15.5. The Kier molecular flexibility index (Phi) is 5.25. The van der Waals surface area contributed by atoms with E-state index in [-0.39, 0.29) is 5.91 Å². The Morgan fingerprint density at radius 2 is 1.48 bits per heavy atom. The number of para-hydroxylation sites is 1. The monoisotopic (exact) mass is 305 g/mol. The van der Waals surface area contributed by atoms with Gasteiger partial charge in [0.25, 0.3) is 5.91 Å². The average molecular weight is 305 g/mol. The lowest BCUT2D eigenvalue weighted by Crippen LogP contribution is -2.40. The average Bonchev–Trinajstić information content (AvgIpc) is 2.63. The molecule has 1 aliphatic carbocycles. The Hall–Kier alpha value is -2.35. The molecule has 1 saturated carbocycles. The van der Waals surface area contributed by atoms with Gasteiger partial charge >= 0.3 is 0 Å². The molecule has 2 heteroatoms. The number of amides is 1. The van der Waals surface area contributed by atoms with Gasteiger partial charge in [0.2, 0.25) is 0 Å². The molecule has 0 aromatic heterocycles. The summed E-state index contributed by atoms with van der Waals surface area (Å²) in [6.07, 6.45) is 9.51. The van der Waals surface area contributed by atoms with E-state index in [1.165, 1.54) is 19.3 Å². The molecule has 0 radical (unpaired) electrons. The Balaban J connectivity index is 1.82. The summed E-state index contributed by atoms with van der Waals surface area (Å²) in [7, 11) is 0. The number of carbonyl (C=O) groups excluding carboxylic acids is 1. The summed E-state index contributed by atoms with van der Waals surface area (Å²) in [5.74, 6) is 0.0759. The van der Waals surface area contributed by atoms with Gasteiger partial charge in [-0.05, 0) is 36.6 Å². The zero-order valence-electron chi connectivity index (χ0n) is 13.4. The second-order valence-electron chi connectivity index (χ2n) is 6.08. The smallest absolute Gasteiger partial charge is 0.251 e. The minimum Gasteiger partial charge on any atom is -0.306 e. The van der Waals surface area contributed by atoms with E-state index in [1.54, 1.807) is 6.08 Å². The van der Waals surface area contributed by atoms with E-state index >= 15 is 0 Å². The molecule has 2 nitrogen and oxygen atoms in total. The maximum atomic E-state index is 12.9. The molecule has 23 heavy (non-hydrogen) atoms. The molecule has 2 aromatic rings. The van der Waals surface area contributed by atoms with Crippen molar-refractivity contribution in [1.82, 2.24) is 0 Å². The molecule has 0 bridgehead atoms. The summed E-state index contributed by atoms with van der Waals surface area (Å²) in [5, 5.41) is 0. The van der Waals surface area contributed by atoms with Gasteiger partial charge in [0.1, 0.15) is 0 Å². The Bertz CT molecular complexity index is 642. The number of rotatable bonds is 4. The van der Waals surface area contributed by atoms with E-state index < -0.39 is 0 Å². The van der Waals surface area contributed by atoms with Crippen molar-refractivity contribution in [2.45, 2.75) is 38.1 Å². The number of benzene rings is 2. The molecule has 0 spiro atoms. The van der Waals surface area contributed by atoms with Crippen LogP contribution in [0.5, 0.6) is 0 Å². The van der Waals surface area contributed by atoms with Crippen molar-refractivity contribution in [1.29, 1.82) is 0 Å². The molecule has 0 heterocycles. The molecule has 0 unspecified atom stereocenters. The van der Waals surface area contributed by atoms with Crippen LogP contribution in [0.3, 0.4) is 0 Å². The summed E-state index contributed by atoms with van der Waals surface area (Å²) < 4.78 is 0. The molecular formula is C21H23NO. The van der Waals surface area contributed by atoms with Crippen LogP contribution in [0.4, 0.5) is 5.69 Å². The van der Waals surface area contributed by atoms with Crippen molar-refractivity contribution in [3.05, 3.63) is 72.3 Å². The van der Waals surface area contributed by atoms with Crippen LogP contribution in [-0.2, 0) is 4.79 Å². The van der Waals surface area contributed by atoms with Gasteiger partial charge in [0.15, 0.2) is 0 Å². The van der Waals surface area contributed by atoms with Crippen molar-refractivity contribution in [3.63, 3.8) is 0 Å². The van der Waals surface area contributed by atoms with Gasteiger partial charge in [-0.2, -0.15) is 0 Å². The molecule has 2 aromatic carbocycles. The molecule has 1 fully saturated rings. The van der Waals surface area contributed by atoms with E-state index in [0.29, 0.717) is 6.04 Å². The number of hydrogen-bond donors (Lipinski definition) is 0. The normalized spacial score (nSPS) is 15.7. The molecular weight excluding hydrogens is 282 g/mol. The summed E-state index contributed by atoms with van der Waals surface area (Å²) in [5.41, 5.74) is 2.06. The highest BCUT2D eigenvalue weighted by molar-refractivity contribution is 6.04. The molecule has 0 atom stereocenters. The summed E-state index contributed by atoms with van der Waals surface area (Å²) in [6.45, 7) is 0. The lowest BCUT2D eigenvalue weighted by Gasteiger charge is -2.33. The fraction of sp³-hybridized carbons (Fsp3) is 0.286. The van der Waals surface area contributed by atoms with Gasteiger partial charge in [-0.3, -0.25) is 4.79 Å². The highest BCUT2D eigenvalue weighted by atomic mass is 16.2.